The molecule has 2 aromatic heterocycles. The molecule has 0 bridgehead atoms. The number of hydrogen-bond donors (Lipinski definition) is 1. The summed E-state index contributed by atoms with van der Waals surface area (Å²) in [5, 5.41) is 3.06. The molecule has 1 atom stereocenters. The Morgan fingerprint density at radius 3 is 2.92 bits per heavy atom. The van der Waals surface area contributed by atoms with Crippen LogP contribution < -0.4 is 15.0 Å². The van der Waals surface area contributed by atoms with E-state index in [-0.39, 0.29) is 18.6 Å². The van der Waals surface area contributed by atoms with Crippen LogP contribution in [0.5, 0.6) is 5.75 Å². The Hall–Kier alpha value is -2.70. The predicted octanol–water partition coefficient (Wildman–Crippen LogP) is 1.91. The van der Waals surface area contributed by atoms with Gasteiger partial charge in [-0.1, -0.05) is 6.92 Å². The molecular formula is C19H25N5O2. The fourth-order valence-corrected chi connectivity index (χ4v) is 3.13. The number of piperidine rings is 1. The van der Waals surface area contributed by atoms with Crippen LogP contribution in [0.2, 0.25) is 0 Å². The number of nitrogens with one attached hydrogen (secondary N) is 1. The molecular weight excluding hydrogens is 330 g/mol. The Bertz CT molecular complexity index is 738. The second-order valence-corrected chi connectivity index (χ2v) is 6.44. The fourth-order valence-electron chi connectivity index (χ4n) is 3.13. The van der Waals surface area contributed by atoms with E-state index in [1.165, 1.54) is 0 Å². The first-order chi connectivity index (χ1) is 12.7. The lowest BCUT2D eigenvalue weighted by Crippen LogP contribution is -2.49. The largest absolute Gasteiger partial charge is 0.482 e. The van der Waals surface area contributed by atoms with Gasteiger partial charge >= 0.3 is 0 Å². The maximum Gasteiger partial charge on any atom is 0.258 e. The Kier molecular flexibility index (Phi) is 5.99. The molecule has 0 aromatic carbocycles. The van der Waals surface area contributed by atoms with Crippen molar-refractivity contribution < 1.29 is 9.53 Å². The molecule has 3 heterocycles. The highest BCUT2D eigenvalue weighted by atomic mass is 16.5. The lowest BCUT2D eigenvalue weighted by atomic mass is 10.1. The smallest absolute Gasteiger partial charge is 0.258 e. The van der Waals surface area contributed by atoms with Crippen molar-refractivity contribution in [3.8, 4) is 5.75 Å². The minimum absolute atomic E-state index is 0.00389. The van der Waals surface area contributed by atoms with E-state index in [1.807, 2.05) is 26.0 Å². The van der Waals surface area contributed by atoms with Crippen LogP contribution in [-0.4, -0.2) is 46.6 Å². The monoisotopic (exact) mass is 355 g/mol. The van der Waals surface area contributed by atoms with E-state index >= 15 is 0 Å². The minimum Gasteiger partial charge on any atom is -0.482 e. The third kappa shape index (κ3) is 4.68. The van der Waals surface area contributed by atoms with Gasteiger partial charge in [-0.25, -0.2) is 9.97 Å². The van der Waals surface area contributed by atoms with Gasteiger partial charge in [0, 0.05) is 37.2 Å². The summed E-state index contributed by atoms with van der Waals surface area (Å²) in [5.74, 6) is 1.27. The molecule has 138 valence electrons. The van der Waals surface area contributed by atoms with Crippen LogP contribution in [0.15, 0.2) is 30.6 Å². The molecule has 0 saturated carbocycles. The van der Waals surface area contributed by atoms with Crippen molar-refractivity contribution >= 4 is 11.9 Å². The zero-order valence-corrected chi connectivity index (χ0v) is 15.3. The maximum atomic E-state index is 12.3. The highest BCUT2D eigenvalue weighted by Gasteiger charge is 2.23. The number of aryl methyl sites for hydroxylation is 2. The lowest BCUT2D eigenvalue weighted by molar-refractivity contribution is -0.123. The van der Waals surface area contributed by atoms with E-state index in [1.54, 1.807) is 18.5 Å². The van der Waals surface area contributed by atoms with Crippen molar-refractivity contribution in [2.75, 3.05) is 24.6 Å². The molecule has 1 amide bonds. The number of anilines is 1. The predicted molar refractivity (Wildman–Crippen MR) is 99.3 cm³/mol. The molecule has 1 aliphatic heterocycles. The second-order valence-electron chi connectivity index (χ2n) is 6.44. The molecule has 0 radical (unpaired) electrons. The van der Waals surface area contributed by atoms with E-state index in [2.05, 4.69) is 25.2 Å². The topological polar surface area (TPSA) is 80.2 Å². The number of ether oxygens (including phenoxy) is 1. The average Bonchev–Trinajstić information content (AvgIpc) is 2.68. The molecule has 0 unspecified atom stereocenters. The Morgan fingerprint density at radius 2 is 2.15 bits per heavy atom. The fraction of sp³-hybridized carbons (Fsp3) is 0.474. The average molecular weight is 355 g/mol. The molecule has 7 heteroatoms. The molecule has 1 fully saturated rings. The van der Waals surface area contributed by atoms with E-state index in [4.69, 9.17) is 4.74 Å². The quantitative estimate of drug-likeness (QED) is 0.853. The second kappa shape index (κ2) is 8.60. The molecule has 1 saturated heterocycles. The highest BCUT2D eigenvalue weighted by molar-refractivity contribution is 5.78. The van der Waals surface area contributed by atoms with Crippen molar-refractivity contribution in [2.24, 2.45) is 0 Å². The number of amides is 1. The van der Waals surface area contributed by atoms with E-state index in [0.29, 0.717) is 18.2 Å². The van der Waals surface area contributed by atoms with Gasteiger partial charge in [0.25, 0.3) is 5.91 Å². The van der Waals surface area contributed by atoms with Crippen LogP contribution in [0.25, 0.3) is 0 Å². The van der Waals surface area contributed by atoms with E-state index < -0.39 is 0 Å². The maximum absolute atomic E-state index is 12.3. The van der Waals surface area contributed by atoms with Crippen molar-refractivity contribution in [2.45, 2.75) is 39.2 Å². The first kappa shape index (κ1) is 18.1. The summed E-state index contributed by atoms with van der Waals surface area (Å²) < 4.78 is 5.69. The lowest BCUT2D eigenvalue weighted by Gasteiger charge is -2.33. The van der Waals surface area contributed by atoms with Gasteiger partial charge in [0.2, 0.25) is 5.95 Å². The minimum atomic E-state index is -0.117. The van der Waals surface area contributed by atoms with Crippen molar-refractivity contribution in [3.63, 3.8) is 0 Å². The summed E-state index contributed by atoms with van der Waals surface area (Å²) in [7, 11) is 0. The first-order valence-corrected chi connectivity index (χ1v) is 9.06. The summed E-state index contributed by atoms with van der Waals surface area (Å²) in [6, 6.07) is 5.65. The standard InChI is InChI=1S/C19H25N5O2/c1-3-16-17(8-7-14(2)22-16)26-13-18(25)23-15-6-4-11-24(12-15)19-20-9-5-10-21-19/h5,7-10,15H,3-4,6,11-13H2,1-2H3,(H,23,25)/t15-/m1/s1. The zero-order chi connectivity index (χ0) is 18.4. The van der Waals surface area contributed by atoms with E-state index in [0.717, 1.165) is 37.2 Å². The van der Waals surface area contributed by atoms with Gasteiger partial charge in [-0.15, -0.1) is 0 Å². The van der Waals surface area contributed by atoms with Crippen LogP contribution in [0.3, 0.4) is 0 Å². The van der Waals surface area contributed by atoms with Crippen molar-refractivity contribution in [3.05, 3.63) is 42.0 Å². The summed E-state index contributed by atoms with van der Waals surface area (Å²) >= 11 is 0. The van der Waals surface area contributed by atoms with Gasteiger partial charge in [-0.05, 0) is 44.4 Å². The van der Waals surface area contributed by atoms with E-state index in [9.17, 15) is 4.79 Å². The van der Waals surface area contributed by atoms with Gasteiger partial charge in [-0.2, -0.15) is 0 Å². The Morgan fingerprint density at radius 1 is 1.35 bits per heavy atom. The number of pyridine rings is 1. The number of carbonyl (C=O) groups excluding carboxylic acids is 1. The van der Waals surface area contributed by atoms with Crippen LogP contribution >= 0.6 is 0 Å². The molecule has 26 heavy (non-hydrogen) atoms. The number of nitrogens with zero attached hydrogens (tertiary/aromatic N) is 4. The number of hydrogen-bond acceptors (Lipinski definition) is 6. The third-order valence-corrected chi connectivity index (χ3v) is 4.39. The Labute approximate surface area is 153 Å². The molecule has 3 rings (SSSR count). The van der Waals surface area contributed by atoms with Crippen LogP contribution in [0, 0.1) is 6.92 Å². The molecule has 2 aromatic rings. The normalized spacial score (nSPS) is 17.0. The van der Waals surface area contributed by atoms with Gasteiger partial charge in [0.05, 0.1) is 5.69 Å². The first-order valence-electron chi connectivity index (χ1n) is 9.06. The third-order valence-electron chi connectivity index (χ3n) is 4.39. The van der Waals surface area contributed by atoms with Crippen LogP contribution in [0.4, 0.5) is 5.95 Å². The summed E-state index contributed by atoms with van der Waals surface area (Å²) in [6.45, 7) is 5.58. The molecule has 0 spiro atoms. The summed E-state index contributed by atoms with van der Waals surface area (Å²) in [5.41, 5.74) is 1.83. The molecule has 0 aliphatic carbocycles. The zero-order valence-electron chi connectivity index (χ0n) is 15.3. The van der Waals surface area contributed by atoms with Gasteiger partial charge in [0.1, 0.15) is 5.75 Å². The van der Waals surface area contributed by atoms with Crippen LogP contribution in [0.1, 0.15) is 31.2 Å². The van der Waals surface area contributed by atoms with Gasteiger partial charge in [-0.3, -0.25) is 9.78 Å². The number of rotatable bonds is 6. The number of aromatic nitrogens is 3. The van der Waals surface area contributed by atoms with Crippen LogP contribution in [-0.2, 0) is 11.2 Å². The summed E-state index contributed by atoms with van der Waals surface area (Å²) in [6.07, 6.45) is 6.18. The molecule has 1 aliphatic rings. The highest BCUT2D eigenvalue weighted by Crippen LogP contribution is 2.18. The molecule has 7 nitrogen and oxygen atoms in total. The van der Waals surface area contributed by atoms with Gasteiger partial charge < -0.3 is 15.0 Å². The van der Waals surface area contributed by atoms with Gasteiger partial charge in [0.15, 0.2) is 6.61 Å². The summed E-state index contributed by atoms with van der Waals surface area (Å²) in [4.78, 5) is 27.4. The number of carbonyl (C=O) groups is 1. The SMILES string of the molecule is CCc1nc(C)ccc1OCC(=O)N[C@@H]1CCCN(c2ncccn2)C1. The van der Waals surface area contributed by atoms with Crippen molar-refractivity contribution in [1.82, 2.24) is 20.3 Å². The van der Waals surface area contributed by atoms with Crippen molar-refractivity contribution in [1.29, 1.82) is 0 Å². The Balaban J connectivity index is 1.52. The molecule has 1 N–H and O–H groups in total.